The van der Waals surface area contributed by atoms with Crippen molar-refractivity contribution in [2.75, 3.05) is 6.54 Å². The van der Waals surface area contributed by atoms with Gasteiger partial charge in [-0.15, -0.1) is 0 Å². The minimum atomic E-state index is 0.00368. The molecule has 88 valence electrons. The maximum absolute atomic E-state index is 11.8. The van der Waals surface area contributed by atoms with Crippen LogP contribution in [-0.2, 0) is 0 Å². The number of benzene rings is 1. The Morgan fingerprint density at radius 1 is 1.25 bits per heavy atom. The van der Waals surface area contributed by atoms with E-state index in [9.17, 15) is 4.79 Å². The highest BCUT2D eigenvalue weighted by atomic mass is 79.9. The van der Waals surface area contributed by atoms with Crippen molar-refractivity contribution < 1.29 is 4.79 Å². The lowest BCUT2D eigenvalue weighted by atomic mass is 10.2. The number of unbranched alkanes of at least 4 members (excludes halogenated alkanes) is 3. The molecular weight excluding hydrogens is 266 g/mol. The highest BCUT2D eigenvalue weighted by Gasteiger charge is 2.07. The molecule has 0 fully saturated rings. The van der Waals surface area contributed by atoms with Crippen molar-refractivity contribution in [2.45, 2.75) is 32.6 Å². The normalized spacial score (nSPS) is 10.1. The Kier molecular flexibility index (Phi) is 6.16. The molecule has 1 aromatic rings. The predicted molar refractivity (Wildman–Crippen MR) is 70.6 cm³/mol. The monoisotopic (exact) mass is 283 g/mol. The molecule has 0 atom stereocenters. The van der Waals surface area contributed by atoms with Gasteiger partial charge >= 0.3 is 0 Å². The number of hydrogen-bond donors (Lipinski definition) is 1. The van der Waals surface area contributed by atoms with E-state index >= 15 is 0 Å². The van der Waals surface area contributed by atoms with E-state index in [0.717, 1.165) is 17.4 Å². The van der Waals surface area contributed by atoms with Gasteiger partial charge in [0.15, 0.2) is 0 Å². The van der Waals surface area contributed by atoms with Gasteiger partial charge in [0, 0.05) is 11.0 Å². The third kappa shape index (κ3) is 4.35. The van der Waals surface area contributed by atoms with Crippen LogP contribution in [0.25, 0.3) is 0 Å². The van der Waals surface area contributed by atoms with E-state index < -0.39 is 0 Å². The molecule has 1 aromatic carbocycles. The summed E-state index contributed by atoms with van der Waals surface area (Å²) >= 11 is 3.37. The first-order valence-corrected chi connectivity index (χ1v) is 6.57. The van der Waals surface area contributed by atoms with Crippen LogP contribution >= 0.6 is 15.9 Å². The van der Waals surface area contributed by atoms with Crippen molar-refractivity contribution in [3.8, 4) is 0 Å². The van der Waals surface area contributed by atoms with Gasteiger partial charge in [0.05, 0.1) is 5.56 Å². The Balaban J connectivity index is 2.33. The largest absolute Gasteiger partial charge is 0.352 e. The van der Waals surface area contributed by atoms with E-state index in [4.69, 9.17) is 0 Å². The van der Waals surface area contributed by atoms with E-state index in [1.54, 1.807) is 0 Å². The van der Waals surface area contributed by atoms with E-state index in [1.807, 2.05) is 24.3 Å². The van der Waals surface area contributed by atoms with E-state index in [1.165, 1.54) is 19.3 Å². The van der Waals surface area contributed by atoms with Crippen LogP contribution in [0.1, 0.15) is 43.0 Å². The molecule has 0 radical (unpaired) electrons. The molecule has 0 aliphatic rings. The highest BCUT2D eigenvalue weighted by molar-refractivity contribution is 9.10. The van der Waals surface area contributed by atoms with Gasteiger partial charge in [0.25, 0.3) is 5.91 Å². The molecule has 2 nitrogen and oxygen atoms in total. The van der Waals surface area contributed by atoms with Crippen molar-refractivity contribution in [2.24, 2.45) is 0 Å². The number of rotatable bonds is 6. The lowest BCUT2D eigenvalue weighted by Gasteiger charge is -2.06. The summed E-state index contributed by atoms with van der Waals surface area (Å²) in [6, 6.07) is 7.48. The van der Waals surface area contributed by atoms with Crippen molar-refractivity contribution in [3.63, 3.8) is 0 Å². The van der Waals surface area contributed by atoms with Crippen LogP contribution in [0.5, 0.6) is 0 Å². The molecule has 1 N–H and O–H groups in total. The minimum Gasteiger partial charge on any atom is -0.352 e. The first kappa shape index (κ1) is 13.2. The summed E-state index contributed by atoms with van der Waals surface area (Å²) in [7, 11) is 0. The van der Waals surface area contributed by atoms with E-state index in [0.29, 0.717) is 5.56 Å². The average Bonchev–Trinajstić information content (AvgIpc) is 2.29. The van der Waals surface area contributed by atoms with Gasteiger partial charge in [0.2, 0.25) is 0 Å². The van der Waals surface area contributed by atoms with Gasteiger partial charge in [-0.25, -0.2) is 0 Å². The molecule has 0 spiro atoms. The molecule has 1 rings (SSSR count). The summed E-state index contributed by atoms with van der Waals surface area (Å²) in [5.74, 6) is 0.00368. The molecule has 0 aliphatic heterocycles. The zero-order valence-corrected chi connectivity index (χ0v) is 11.2. The highest BCUT2D eigenvalue weighted by Crippen LogP contribution is 2.15. The maximum Gasteiger partial charge on any atom is 0.252 e. The first-order valence-electron chi connectivity index (χ1n) is 5.78. The second kappa shape index (κ2) is 7.44. The summed E-state index contributed by atoms with van der Waals surface area (Å²) in [6.45, 7) is 2.94. The minimum absolute atomic E-state index is 0.00368. The van der Waals surface area contributed by atoms with E-state index in [2.05, 4.69) is 28.2 Å². The van der Waals surface area contributed by atoms with Crippen molar-refractivity contribution in [1.29, 1.82) is 0 Å². The van der Waals surface area contributed by atoms with Gasteiger partial charge in [-0.2, -0.15) is 0 Å². The Labute approximate surface area is 106 Å². The van der Waals surface area contributed by atoms with Crippen molar-refractivity contribution >= 4 is 21.8 Å². The number of carbonyl (C=O) groups is 1. The zero-order valence-electron chi connectivity index (χ0n) is 9.63. The Morgan fingerprint density at radius 2 is 2.00 bits per heavy atom. The van der Waals surface area contributed by atoms with Crippen LogP contribution in [0, 0.1) is 0 Å². The van der Waals surface area contributed by atoms with Gasteiger partial charge in [0.1, 0.15) is 0 Å². The number of halogens is 1. The molecule has 0 aromatic heterocycles. The van der Waals surface area contributed by atoms with Gasteiger partial charge in [-0.05, 0) is 34.5 Å². The molecule has 1 amide bonds. The summed E-state index contributed by atoms with van der Waals surface area (Å²) in [6.07, 6.45) is 4.71. The van der Waals surface area contributed by atoms with Crippen LogP contribution in [0.4, 0.5) is 0 Å². The standard InChI is InChI=1S/C13H18BrNO/c1-2-3-4-7-10-15-13(16)11-8-5-6-9-12(11)14/h5-6,8-9H,2-4,7,10H2,1H3,(H,15,16). The molecule has 0 bridgehead atoms. The molecule has 0 saturated heterocycles. The third-order valence-corrected chi connectivity index (χ3v) is 3.13. The lowest BCUT2D eigenvalue weighted by Crippen LogP contribution is -2.24. The topological polar surface area (TPSA) is 29.1 Å². The molecule has 0 heterocycles. The Hall–Kier alpha value is -0.830. The summed E-state index contributed by atoms with van der Waals surface area (Å²) in [5, 5.41) is 2.93. The first-order chi connectivity index (χ1) is 7.75. The van der Waals surface area contributed by atoms with E-state index in [-0.39, 0.29) is 5.91 Å². The predicted octanol–water partition coefficient (Wildman–Crippen LogP) is 3.76. The molecule has 16 heavy (non-hydrogen) atoms. The molecule has 3 heteroatoms. The van der Waals surface area contributed by atoms with Crippen LogP contribution in [0.15, 0.2) is 28.7 Å². The number of carbonyl (C=O) groups excluding carboxylic acids is 1. The lowest BCUT2D eigenvalue weighted by molar-refractivity contribution is 0.0952. The molecule has 0 saturated carbocycles. The fourth-order valence-corrected chi connectivity index (χ4v) is 1.96. The van der Waals surface area contributed by atoms with Crippen LogP contribution in [-0.4, -0.2) is 12.5 Å². The second-order valence-corrected chi connectivity index (χ2v) is 4.65. The molecular formula is C13H18BrNO. The Bertz CT molecular complexity index is 338. The third-order valence-electron chi connectivity index (χ3n) is 2.43. The van der Waals surface area contributed by atoms with Crippen molar-refractivity contribution in [3.05, 3.63) is 34.3 Å². The van der Waals surface area contributed by atoms with Crippen LogP contribution in [0.3, 0.4) is 0 Å². The second-order valence-electron chi connectivity index (χ2n) is 3.80. The van der Waals surface area contributed by atoms with Crippen LogP contribution < -0.4 is 5.32 Å². The smallest absolute Gasteiger partial charge is 0.252 e. The van der Waals surface area contributed by atoms with Gasteiger partial charge in [-0.3, -0.25) is 4.79 Å². The van der Waals surface area contributed by atoms with Crippen LogP contribution in [0.2, 0.25) is 0 Å². The summed E-state index contributed by atoms with van der Waals surface area (Å²) in [5.41, 5.74) is 0.706. The number of nitrogens with one attached hydrogen (secondary N) is 1. The number of amides is 1. The summed E-state index contributed by atoms with van der Waals surface area (Å²) < 4.78 is 0.848. The quantitative estimate of drug-likeness (QED) is 0.792. The molecule has 0 aliphatic carbocycles. The SMILES string of the molecule is CCCCCCNC(=O)c1ccccc1Br. The maximum atomic E-state index is 11.8. The van der Waals surface area contributed by atoms with Gasteiger partial charge in [-0.1, -0.05) is 38.3 Å². The van der Waals surface area contributed by atoms with Gasteiger partial charge < -0.3 is 5.32 Å². The fraction of sp³-hybridized carbons (Fsp3) is 0.462. The summed E-state index contributed by atoms with van der Waals surface area (Å²) in [4.78, 5) is 11.8. The average molecular weight is 284 g/mol. The zero-order chi connectivity index (χ0) is 11.8. The Morgan fingerprint density at radius 3 is 2.69 bits per heavy atom. The number of hydrogen-bond acceptors (Lipinski definition) is 1. The fourth-order valence-electron chi connectivity index (χ4n) is 1.49. The van der Waals surface area contributed by atoms with Crippen molar-refractivity contribution in [1.82, 2.24) is 5.32 Å². The molecule has 0 unspecified atom stereocenters.